The summed E-state index contributed by atoms with van der Waals surface area (Å²) < 4.78 is 13.7. The number of aromatic nitrogens is 2. The molecule has 0 saturated carbocycles. The van der Waals surface area contributed by atoms with E-state index in [2.05, 4.69) is 20.6 Å². The van der Waals surface area contributed by atoms with Crippen molar-refractivity contribution in [3.05, 3.63) is 65.2 Å². The highest BCUT2D eigenvalue weighted by Gasteiger charge is 2.29. The van der Waals surface area contributed by atoms with Crippen molar-refractivity contribution in [3.8, 4) is 0 Å². The predicted octanol–water partition coefficient (Wildman–Crippen LogP) is 2.34. The minimum Gasteiger partial charge on any atom is -0.366 e. The summed E-state index contributed by atoms with van der Waals surface area (Å²) in [6.45, 7) is 3.25. The van der Waals surface area contributed by atoms with Crippen molar-refractivity contribution in [2.24, 2.45) is 5.73 Å². The number of nitrogens with zero attached hydrogens (tertiary/aromatic N) is 2. The van der Waals surface area contributed by atoms with E-state index in [0.717, 1.165) is 24.0 Å². The Morgan fingerprint density at radius 3 is 2.81 bits per heavy atom. The van der Waals surface area contributed by atoms with Crippen LogP contribution in [0.2, 0.25) is 0 Å². The van der Waals surface area contributed by atoms with Gasteiger partial charge in [0.05, 0.1) is 11.1 Å². The first-order valence-electron chi connectivity index (χ1n) is 8.83. The fourth-order valence-electron chi connectivity index (χ4n) is 3.67. The van der Waals surface area contributed by atoms with Crippen LogP contribution in [0.15, 0.2) is 42.5 Å². The van der Waals surface area contributed by atoms with Crippen molar-refractivity contribution in [1.82, 2.24) is 15.3 Å². The SMILES string of the molecule is Cc1nc(NC2CNCC2c2cccc(F)c2)c2cccc(C(N)=O)c2n1. The highest BCUT2D eigenvalue weighted by atomic mass is 19.1. The number of primary amides is 1. The number of halogens is 1. The van der Waals surface area contributed by atoms with E-state index in [9.17, 15) is 9.18 Å². The normalized spacial score (nSPS) is 19.3. The van der Waals surface area contributed by atoms with Crippen LogP contribution in [0.1, 0.15) is 27.7 Å². The molecule has 7 heteroatoms. The summed E-state index contributed by atoms with van der Waals surface area (Å²) >= 11 is 0. The van der Waals surface area contributed by atoms with Crippen molar-refractivity contribution in [2.75, 3.05) is 18.4 Å². The number of carbonyl (C=O) groups excluding carboxylic acids is 1. The number of hydrogen-bond acceptors (Lipinski definition) is 5. The topological polar surface area (TPSA) is 92.9 Å². The minimum atomic E-state index is -0.523. The molecule has 0 bridgehead atoms. The van der Waals surface area contributed by atoms with Gasteiger partial charge < -0.3 is 16.4 Å². The average Bonchev–Trinajstić information content (AvgIpc) is 3.09. The highest BCUT2D eigenvalue weighted by Crippen LogP contribution is 2.29. The lowest BCUT2D eigenvalue weighted by molar-refractivity contribution is 0.100. The molecule has 0 aliphatic carbocycles. The molecule has 1 aliphatic rings. The van der Waals surface area contributed by atoms with E-state index in [0.29, 0.717) is 22.7 Å². The van der Waals surface area contributed by atoms with Crippen LogP contribution >= 0.6 is 0 Å². The largest absolute Gasteiger partial charge is 0.366 e. The first-order chi connectivity index (χ1) is 13.0. The van der Waals surface area contributed by atoms with Gasteiger partial charge in [-0.1, -0.05) is 18.2 Å². The van der Waals surface area contributed by atoms with Gasteiger partial charge >= 0.3 is 0 Å². The molecule has 4 rings (SSSR count). The number of rotatable bonds is 4. The molecule has 3 aromatic rings. The summed E-state index contributed by atoms with van der Waals surface area (Å²) in [6, 6.07) is 12.0. The van der Waals surface area contributed by atoms with E-state index in [-0.39, 0.29) is 17.8 Å². The van der Waals surface area contributed by atoms with Gasteiger partial charge in [0.1, 0.15) is 17.5 Å². The maximum atomic E-state index is 13.7. The highest BCUT2D eigenvalue weighted by molar-refractivity contribution is 6.07. The Morgan fingerprint density at radius 1 is 1.22 bits per heavy atom. The summed E-state index contributed by atoms with van der Waals surface area (Å²) in [6.07, 6.45) is 0. The number of anilines is 1. The van der Waals surface area contributed by atoms with E-state index < -0.39 is 5.91 Å². The number of para-hydroxylation sites is 1. The monoisotopic (exact) mass is 365 g/mol. The van der Waals surface area contributed by atoms with E-state index in [1.165, 1.54) is 6.07 Å². The molecule has 4 N–H and O–H groups in total. The summed E-state index contributed by atoms with van der Waals surface area (Å²) in [5, 5.41) is 7.56. The molecule has 138 valence electrons. The number of amides is 1. The summed E-state index contributed by atoms with van der Waals surface area (Å²) in [4.78, 5) is 20.7. The lowest BCUT2D eigenvalue weighted by atomic mass is 9.94. The Labute approximate surface area is 156 Å². The third-order valence-corrected chi connectivity index (χ3v) is 4.92. The zero-order valence-electron chi connectivity index (χ0n) is 14.9. The zero-order chi connectivity index (χ0) is 19.0. The predicted molar refractivity (Wildman–Crippen MR) is 102 cm³/mol. The van der Waals surface area contributed by atoms with Crippen LogP contribution in [0.5, 0.6) is 0 Å². The molecule has 2 heterocycles. The molecular weight excluding hydrogens is 345 g/mol. The summed E-state index contributed by atoms with van der Waals surface area (Å²) in [7, 11) is 0. The number of nitrogens with one attached hydrogen (secondary N) is 2. The van der Waals surface area contributed by atoms with E-state index >= 15 is 0 Å². The van der Waals surface area contributed by atoms with Crippen LogP contribution in [-0.2, 0) is 0 Å². The first-order valence-corrected chi connectivity index (χ1v) is 8.83. The number of benzene rings is 2. The Bertz CT molecular complexity index is 1020. The quantitative estimate of drug-likeness (QED) is 0.660. The van der Waals surface area contributed by atoms with Gasteiger partial charge in [0.15, 0.2) is 0 Å². The average molecular weight is 365 g/mol. The molecule has 6 nitrogen and oxygen atoms in total. The molecule has 1 aliphatic heterocycles. The van der Waals surface area contributed by atoms with Crippen molar-refractivity contribution in [3.63, 3.8) is 0 Å². The van der Waals surface area contributed by atoms with Crippen molar-refractivity contribution in [2.45, 2.75) is 18.9 Å². The van der Waals surface area contributed by atoms with Gasteiger partial charge in [-0.25, -0.2) is 14.4 Å². The lowest BCUT2D eigenvalue weighted by Gasteiger charge is -2.22. The van der Waals surface area contributed by atoms with Crippen LogP contribution in [0, 0.1) is 12.7 Å². The van der Waals surface area contributed by atoms with Crippen LogP contribution in [-0.4, -0.2) is 35.0 Å². The third kappa shape index (κ3) is 3.33. The second-order valence-electron chi connectivity index (χ2n) is 6.76. The van der Waals surface area contributed by atoms with Gasteiger partial charge in [0.2, 0.25) is 0 Å². The summed E-state index contributed by atoms with van der Waals surface area (Å²) in [5.74, 6) is 0.533. The molecular formula is C20H20FN5O. The molecule has 1 aromatic heterocycles. The molecule has 0 radical (unpaired) electrons. The maximum absolute atomic E-state index is 13.7. The molecule has 1 fully saturated rings. The summed E-state index contributed by atoms with van der Waals surface area (Å²) in [5.41, 5.74) is 7.33. The Morgan fingerprint density at radius 2 is 2.04 bits per heavy atom. The van der Waals surface area contributed by atoms with Gasteiger partial charge in [-0.2, -0.15) is 0 Å². The van der Waals surface area contributed by atoms with E-state index in [1.807, 2.05) is 12.1 Å². The van der Waals surface area contributed by atoms with Gasteiger partial charge in [-0.05, 0) is 36.8 Å². The lowest BCUT2D eigenvalue weighted by Crippen LogP contribution is -2.28. The fraction of sp³-hybridized carbons (Fsp3) is 0.250. The number of aryl methyl sites for hydroxylation is 1. The Kier molecular flexibility index (Phi) is 4.45. The van der Waals surface area contributed by atoms with Crippen LogP contribution in [0.25, 0.3) is 10.9 Å². The van der Waals surface area contributed by atoms with Crippen LogP contribution < -0.4 is 16.4 Å². The molecule has 27 heavy (non-hydrogen) atoms. The van der Waals surface area contributed by atoms with Crippen molar-refractivity contribution < 1.29 is 9.18 Å². The van der Waals surface area contributed by atoms with Gasteiger partial charge in [-0.3, -0.25) is 4.79 Å². The molecule has 1 saturated heterocycles. The Balaban J connectivity index is 1.73. The number of hydrogen-bond donors (Lipinski definition) is 3. The standard InChI is InChI=1S/C20H20FN5O/c1-11-24-18-14(19(22)27)6-3-7-15(18)20(25-11)26-17-10-23-9-16(17)12-4-2-5-13(21)8-12/h2-8,16-17,23H,9-10H2,1H3,(H2,22,27)(H,24,25,26). The molecule has 1 amide bonds. The number of fused-ring (bicyclic) bond motifs is 1. The smallest absolute Gasteiger partial charge is 0.250 e. The second kappa shape index (κ2) is 6.92. The fourth-order valence-corrected chi connectivity index (χ4v) is 3.67. The van der Waals surface area contributed by atoms with Crippen LogP contribution in [0.3, 0.4) is 0 Å². The van der Waals surface area contributed by atoms with Gasteiger partial charge in [-0.15, -0.1) is 0 Å². The van der Waals surface area contributed by atoms with Crippen molar-refractivity contribution in [1.29, 1.82) is 0 Å². The maximum Gasteiger partial charge on any atom is 0.250 e. The van der Waals surface area contributed by atoms with Gasteiger partial charge in [0, 0.05) is 30.4 Å². The molecule has 0 spiro atoms. The van der Waals surface area contributed by atoms with Crippen LogP contribution in [0.4, 0.5) is 10.2 Å². The molecule has 2 unspecified atom stereocenters. The van der Waals surface area contributed by atoms with Crippen molar-refractivity contribution >= 4 is 22.6 Å². The molecule has 2 atom stereocenters. The first kappa shape index (κ1) is 17.4. The number of nitrogens with two attached hydrogens (primary N) is 1. The van der Waals surface area contributed by atoms with E-state index in [4.69, 9.17) is 5.73 Å². The zero-order valence-corrected chi connectivity index (χ0v) is 14.9. The third-order valence-electron chi connectivity index (χ3n) is 4.92. The molecule has 2 aromatic carbocycles. The minimum absolute atomic E-state index is 0.0292. The van der Waals surface area contributed by atoms with E-state index in [1.54, 1.807) is 31.2 Å². The Hall–Kier alpha value is -3.06. The number of carbonyl (C=O) groups is 1. The van der Waals surface area contributed by atoms with Gasteiger partial charge in [0.25, 0.3) is 5.91 Å². The second-order valence-corrected chi connectivity index (χ2v) is 6.76.